The minimum absolute atomic E-state index is 1.13. The lowest BCUT2D eigenvalue weighted by atomic mass is 9.97. The maximum Gasteiger partial charge on any atom is 0.0789 e. The molecule has 3 nitrogen and oxygen atoms in total. The van der Waals surface area contributed by atoms with E-state index in [1.54, 1.807) is 0 Å². The molecule has 0 atom stereocenters. The molecule has 0 N–H and O–H groups in total. The van der Waals surface area contributed by atoms with Gasteiger partial charge in [-0.1, -0.05) is 121 Å². The van der Waals surface area contributed by atoms with Crippen LogP contribution < -0.4 is 4.90 Å². The second-order valence-corrected chi connectivity index (χ2v) is 14.5. The molecule has 0 saturated heterocycles. The molecule has 0 aliphatic heterocycles. The molecule has 0 fully saturated rings. The fourth-order valence-corrected chi connectivity index (χ4v) is 9.79. The van der Waals surface area contributed by atoms with E-state index in [4.69, 9.17) is 0 Å². The SMILES string of the molecule is c1ccc(N(c2ccccc2)c2c3ccccc3cc3c4c5ccccc5cc5c6cc7c(cc6n(c23)c54)c2cccc3c4ccccc4n7c32)cc1. The Hall–Kier alpha value is -7.10. The fourth-order valence-electron chi connectivity index (χ4n) is 9.79. The highest BCUT2D eigenvalue weighted by atomic mass is 15.2. The van der Waals surface area contributed by atoms with Gasteiger partial charge < -0.3 is 13.7 Å². The Labute approximate surface area is 303 Å². The van der Waals surface area contributed by atoms with E-state index in [0.717, 1.165) is 11.4 Å². The van der Waals surface area contributed by atoms with Crippen LogP contribution in [-0.4, -0.2) is 8.80 Å². The fraction of sp³-hybridized carbons (Fsp3) is 0. The van der Waals surface area contributed by atoms with Gasteiger partial charge in [-0.25, -0.2) is 0 Å². The van der Waals surface area contributed by atoms with Gasteiger partial charge in [0.2, 0.25) is 0 Å². The number of nitrogens with zero attached hydrogens (tertiary/aromatic N) is 3. The lowest BCUT2D eigenvalue weighted by Crippen LogP contribution is -2.11. The summed E-state index contributed by atoms with van der Waals surface area (Å²) in [6, 6.07) is 65.1. The van der Waals surface area contributed by atoms with Crippen LogP contribution in [0.2, 0.25) is 0 Å². The van der Waals surface area contributed by atoms with Crippen LogP contribution in [0.5, 0.6) is 0 Å². The largest absolute Gasteiger partial charge is 0.308 e. The van der Waals surface area contributed by atoms with Crippen LogP contribution in [0.1, 0.15) is 0 Å². The molecule has 0 bridgehead atoms. The van der Waals surface area contributed by atoms with Crippen LogP contribution in [0.4, 0.5) is 17.1 Å². The van der Waals surface area contributed by atoms with E-state index in [2.05, 4.69) is 190 Å². The van der Waals surface area contributed by atoms with Gasteiger partial charge in [0.05, 0.1) is 38.8 Å². The number of hydrogen-bond donors (Lipinski definition) is 0. The summed E-state index contributed by atoms with van der Waals surface area (Å²) >= 11 is 0. The van der Waals surface area contributed by atoms with Crippen molar-refractivity contribution in [1.82, 2.24) is 8.80 Å². The number of rotatable bonds is 3. The van der Waals surface area contributed by atoms with Crippen molar-refractivity contribution in [3.63, 3.8) is 0 Å². The minimum atomic E-state index is 1.13. The average molecular weight is 672 g/mol. The maximum atomic E-state index is 2.61. The summed E-state index contributed by atoms with van der Waals surface area (Å²) in [7, 11) is 0. The second-order valence-electron chi connectivity index (χ2n) is 14.5. The van der Waals surface area contributed by atoms with Crippen molar-refractivity contribution < 1.29 is 0 Å². The summed E-state index contributed by atoms with van der Waals surface area (Å²) in [6.45, 7) is 0. The summed E-state index contributed by atoms with van der Waals surface area (Å²) in [5.74, 6) is 0. The van der Waals surface area contributed by atoms with Crippen molar-refractivity contribution in [3.8, 4) is 0 Å². The first kappa shape index (κ1) is 27.6. The van der Waals surface area contributed by atoms with Crippen LogP contribution in [0.25, 0.3) is 97.7 Å². The maximum absolute atomic E-state index is 2.61. The van der Waals surface area contributed by atoms with Crippen LogP contribution in [-0.2, 0) is 0 Å². The topological polar surface area (TPSA) is 12.1 Å². The van der Waals surface area contributed by atoms with Crippen molar-refractivity contribution in [3.05, 3.63) is 176 Å². The molecule has 13 rings (SSSR count). The molecule has 0 radical (unpaired) electrons. The Morgan fingerprint density at radius 2 is 0.830 bits per heavy atom. The summed E-state index contributed by atoms with van der Waals surface area (Å²) in [4.78, 5) is 2.47. The molecule has 3 heteroatoms. The molecule has 13 aromatic rings. The second kappa shape index (κ2) is 9.81. The summed E-state index contributed by atoms with van der Waals surface area (Å²) in [6.07, 6.45) is 0. The molecule has 0 saturated carbocycles. The predicted molar refractivity (Wildman–Crippen MR) is 225 cm³/mol. The Morgan fingerprint density at radius 1 is 0.302 bits per heavy atom. The third-order valence-electron chi connectivity index (χ3n) is 11.9. The van der Waals surface area contributed by atoms with Gasteiger partial charge in [-0.2, -0.15) is 0 Å². The first-order chi connectivity index (χ1) is 26.3. The van der Waals surface area contributed by atoms with Gasteiger partial charge in [-0.05, 0) is 70.8 Å². The molecule has 9 aromatic carbocycles. The van der Waals surface area contributed by atoms with Gasteiger partial charge in [0, 0.05) is 59.9 Å². The first-order valence-electron chi connectivity index (χ1n) is 18.4. The van der Waals surface area contributed by atoms with E-state index in [1.807, 2.05) is 0 Å². The zero-order valence-electron chi connectivity index (χ0n) is 28.6. The monoisotopic (exact) mass is 671 g/mol. The molecule has 0 aliphatic carbocycles. The summed E-state index contributed by atoms with van der Waals surface area (Å²) < 4.78 is 5.11. The van der Waals surface area contributed by atoms with Crippen LogP contribution in [0, 0.1) is 0 Å². The van der Waals surface area contributed by atoms with Gasteiger partial charge in [-0.3, -0.25) is 0 Å². The molecule has 244 valence electrons. The highest BCUT2D eigenvalue weighted by molar-refractivity contribution is 6.36. The number of anilines is 3. The van der Waals surface area contributed by atoms with Crippen molar-refractivity contribution >= 4 is 115 Å². The van der Waals surface area contributed by atoms with E-state index < -0.39 is 0 Å². The van der Waals surface area contributed by atoms with Crippen LogP contribution >= 0.6 is 0 Å². The van der Waals surface area contributed by atoms with Crippen LogP contribution in [0.3, 0.4) is 0 Å². The molecular weight excluding hydrogens is 643 g/mol. The summed E-state index contributed by atoms with van der Waals surface area (Å²) in [5, 5.41) is 15.3. The van der Waals surface area contributed by atoms with Crippen molar-refractivity contribution in [2.75, 3.05) is 4.90 Å². The van der Waals surface area contributed by atoms with Crippen LogP contribution in [0.15, 0.2) is 176 Å². The lowest BCUT2D eigenvalue weighted by molar-refractivity contribution is 1.28. The summed E-state index contributed by atoms with van der Waals surface area (Å²) in [5.41, 5.74) is 11.0. The van der Waals surface area contributed by atoms with Crippen molar-refractivity contribution in [2.45, 2.75) is 0 Å². The Kier molecular flexibility index (Phi) is 5.11. The highest BCUT2D eigenvalue weighted by Crippen LogP contribution is 2.51. The number of hydrogen-bond acceptors (Lipinski definition) is 1. The Morgan fingerprint density at radius 3 is 1.57 bits per heavy atom. The van der Waals surface area contributed by atoms with Crippen molar-refractivity contribution in [1.29, 1.82) is 0 Å². The molecule has 0 amide bonds. The molecule has 4 heterocycles. The number of benzene rings is 9. The average Bonchev–Trinajstić information content (AvgIpc) is 3.94. The number of aromatic nitrogens is 2. The van der Waals surface area contributed by atoms with E-state index in [9.17, 15) is 0 Å². The van der Waals surface area contributed by atoms with E-state index >= 15 is 0 Å². The van der Waals surface area contributed by atoms with E-state index in [-0.39, 0.29) is 0 Å². The van der Waals surface area contributed by atoms with Gasteiger partial charge in [-0.15, -0.1) is 0 Å². The standard InChI is InChI=1S/C50H29N3/c1-3-16-32(17-4-1)51(33-18-5-2-6-19-33)49-35-21-10-8-15-31(35)27-42-46-34-20-9-7-14-30(34)26-41-40-29-44-39(28-45(40)53(48(41)46)50(42)49)38-24-13-23-37-36-22-11-12-25-43(36)52(44)47(37)38/h1-29H. The predicted octanol–water partition coefficient (Wildman–Crippen LogP) is 13.8. The molecular formula is C50H29N3. The van der Waals surface area contributed by atoms with E-state index in [1.165, 1.54) is 103 Å². The molecule has 0 unspecified atom stereocenters. The van der Waals surface area contributed by atoms with Gasteiger partial charge >= 0.3 is 0 Å². The van der Waals surface area contributed by atoms with Gasteiger partial charge in [0.25, 0.3) is 0 Å². The van der Waals surface area contributed by atoms with Crippen molar-refractivity contribution in [2.24, 2.45) is 0 Å². The quantitative estimate of drug-likeness (QED) is 0.182. The Bertz CT molecular complexity index is 3570. The van der Waals surface area contributed by atoms with E-state index in [0.29, 0.717) is 0 Å². The third-order valence-corrected chi connectivity index (χ3v) is 11.9. The van der Waals surface area contributed by atoms with Gasteiger partial charge in [0.1, 0.15) is 0 Å². The lowest BCUT2D eigenvalue weighted by Gasteiger charge is -2.28. The Balaban J connectivity index is 1.31. The molecule has 0 aliphatic rings. The number of para-hydroxylation sites is 4. The third kappa shape index (κ3) is 3.40. The highest BCUT2D eigenvalue weighted by Gasteiger charge is 2.28. The molecule has 0 spiro atoms. The molecule has 4 aromatic heterocycles. The number of fused-ring (bicyclic) bond motifs is 15. The first-order valence-corrected chi connectivity index (χ1v) is 18.4. The zero-order valence-corrected chi connectivity index (χ0v) is 28.6. The van der Waals surface area contributed by atoms with Gasteiger partial charge in [0.15, 0.2) is 0 Å². The normalized spacial score (nSPS) is 12.5. The minimum Gasteiger partial charge on any atom is -0.308 e. The smallest absolute Gasteiger partial charge is 0.0789 e. The zero-order chi connectivity index (χ0) is 34.4. The molecule has 53 heavy (non-hydrogen) atoms.